The molecule has 5 heteroatoms. The number of hydrogen-bond acceptors (Lipinski definition) is 2. The molecule has 2 unspecified atom stereocenters. The number of hydrogen-bond donors (Lipinski definition) is 2. The van der Waals surface area contributed by atoms with Gasteiger partial charge in [0.05, 0.1) is 5.92 Å². The molecule has 2 atom stereocenters. The highest BCUT2D eigenvalue weighted by Crippen LogP contribution is 2.02. The van der Waals surface area contributed by atoms with Gasteiger partial charge in [-0.25, -0.2) is 4.79 Å². The van der Waals surface area contributed by atoms with Crippen LogP contribution in [-0.2, 0) is 4.79 Å². The van der Waals surface area contributed by atoms with Crippen molar-refractivity contribution in [1.82, 2.24) is 10.2 Å². The van der Waals surface area contributed by atoms with Crippen molar-refractivity contribution in [3.05, 3.63) is 0 Å². The molecule has 0 aromatic rings. The number of urea groups is 1. The lowest BCUT2D eigenvalue weighted by atomic mass is 10.0. The Morgan fingerprint density at radius 1 is 1.31 bits per heavy atom. The molecule has 2 N–H and O–H groups in total. The monoisotopic (exact) mass is 188 g/mol. The first-order chi connectivity index (χ1) is 5.86. The third-order valence-corrected chi connectivity index (χ3v) is 1.90. The minimum atomic E-state index is -0.911. The van der Waals surface area contributed by atoms with Crippen LogP contribution in [0.25, 0.3) is 0 Å². The summed E-state index contributed by atoms with van der Waals surface area (Å²) in [6.45, 7) is 3.23. The van der Waals surface area contributed by atoms with Crippen molar-refractivity contribution in [3.8, 4) is 0 Å². The molecule has 0 spiro atoms. The lowest BCUT2D eigenvalue weighted by Crippen LogP contribution is -2.44. The summed E-state index contributed by atoms with van der Waals surface area (Å²) < 4.78 is 0. The number of carboxylic acids is 1. The van der Waals surface area contributed by atoms with Crippen LogP contribution >= 0.6 is 0 Å². The van der Waals surface area contributed by atoms with Crippen molar-refractivity contribution < 1.29 is 14.7 Å². The average molecular weight is 188 g/mol. The van der Waals surface area contributed by atoms with E-state index in [1.807, 2.05) is 0 Å². The summed E-state index contributed by atoms with van der Waals surface area (Å²) in [6.07, 6.45) is 0. The number of carbonyl (C=O) groups excluding carboxylic acids is 1. The van der Waals surface area contributed by atoms with Gasteiger partial charge in [-0.15, -0.1) is 0 Å². The van der Waals surface area contributed by atoms with Gasteiger partial charge in [0.2, 0.25) is 0 Å². The number of nitrogens with one attached hydrogen (secondary N) is 1. The Kier molecular flexibility index (Phi) is 4.23. The van der Waals surface area contributed by atoms with Crippen LogP contribution in [0.5, 0.6) is 0 Å². The van der Waals surface area contributed by atoms with Gasteiger partial charge in [-0.2, -0.15) is 0 Å². The first-order valence-electron chi connectivity index (χ1n) is 4.07. The molecule has 0 saturated heterocycles. The molecule has 0 heterocycles. The quantitative estimate of drug-likeness (QED) is 0.672. The van der Waals surface area contributed by atoms with Crippen LogP contribution in [0, 0.1) is 5.92 Å². The molecule has 2 amide bonds. The highest BCUT2D eigenvalue weighted by atomic mass is 16.4. The number of aliphatic carboxylic acids is 1. The first kappa shape index (κ1) is 11.7. The van der Waals surface area contributed by atoms with Crippen LogP contribution in [0.15, 0.2) is 0 Å². The van der Waals surface area contributed by atoms with E-state index in [1.54, 1.807) is 27.9 Å². The van der Waals surface area contributed by atoms with Gasteiger partial charge in [-0.05, 0) is 13.8 Å². The Morgan fingerprint density at radius 3 is 2.08 bits per heavy atom. The van der Waals surface area contributed by atoms with Gasteiger partial charge in [0, 0.05) is 20.1 Å². The van der Waals surface area contributed by atoms with Crippen LogP contribution < -0.4 is 5.32 Å². The maximum absolute atomic E-state index is 11.1. The topological polar surface area (TPSA) is 69.6 Å². The molecule has 0 aliphatic heterocycles. The smallest absolute Gasteiger partial charge is 0.317 e. The van der Waals surface area contributed by atoms with E-state index in [2.05, 4.69) is 5.32 Å². The van der Waals surface area contributed by atoms with E-state index in [1.165, 1.54) is 4.90 Å². The predicted molar refractivity (Wildman–Crippen MR) is 48.5 cm³/mol. The second-order valence-electron chi connectivity index (χ2n) is 3.26. The van der Waals surface area contributed by atoms with Gasteiger partial charge >= 0.3 is 12.0 Å². The van der Waals surface area contributed by atoms with Gasteiger partial charge < -0.3 is 15.3 Å². The summed E-state index contributed by atoms with van der Waals surface area (Å²) >= 11 is 0. The summed E-state index contributed by atoms with van der Waals surface area (Å²) in [5, 5.41) is 11.2. The van der Waals surface area contributed by atoms with E-state index >= 15 is 0 Å². The number of carbonyl (C=O) groups is 2. The van der Waals surface area contributed by atoms with Crippen LogP contribution in [0.4, 0.5) is 4.79 Å². The van der Waals surface area contributed by atoms with E-state index in [4.69, 9.17) is 5.11 Å². The van der Waals surface area contributed by atoms with Crippen molar-refractivity contribution in [2.75, 3.05) is 14.1 Å². The molecule has 0 rings (SSSR count). The molecule has 5 nitrogen and oxygen atoms in total. The SMILES string of the molecule is CC(NC(=O)N(C)C)C(C)C(=O)O. The van der Waals surface area contributed by atoms with Gasteiger partial charge in [0.15, 0.2) is 0 Å². The third kappa shape index (κ3) is 3.78. The van der Waals surface area contributed by atoms with Crippen LogP contribution in [0.2, 0.25) is 0 Å². The molecular weight excluding hydrogens is 172 g/mol. The van der Waals surface area contributed by atoms with Crippen LogP contribution in [0.3, 0.4) is 0 Å². The fourth-order valence-corrected chi connectivity index (χ4v) is 0.663. The maximum atomic E-state index is 11.1. The van der Waals surface area contributed by atoms with Crippen molar-refractivity contribution in [2.45, 2.75) is 19.9 Å². The Hall–Kier alpha value is -1.26. The molecule has 0 bridgehead atoms. The molecule has 13 heavy (non-hydrogen) atoms. The highest BCUT2D eigenvalue weighted by molar-refractivity contribution is 5.76. The number of nitrogens with zero attached hydrogens (tertiary/aromatic N) is 1. The number of amides is 2. The van der Waals surface area contributed by atoms with Crippen molar-refractivity contribution in [3.63, 3.8) is 0 Å². The minimum Gasteiger partial charge on any atom is -0.481 e. The highest BCUT2D eigenvalue weighted by Gasteiger charge is 2.21. The molecule has 0 radical (unpaired) electrons. The van der Waals surface area contributed by atoms with Crippen LogP contribution in [-0.4, -0.2) is 42.1 Å². The van der Waals surface area contributed by atoms with Crippen molar-refractivity contribution >= 4 is 12.0 Å². The van der Waals surface area contributed by atoms with Gasteiger partial charge in [0.25, 0.3) is 0 Å². The van der Waals surface area contributed by atoms with E-state index in [9.17, 15) is 9.59 Å². The molecule has 0 saturated carbocycles. The Bertz CT molecular complexity index is 204. The summed E-state index contributed by atoms with van der Waals surface area (Å²) in [5.74, 6) is -1.49. The second kappa shape index (κ2) is 4.69. The Balaban J connectivity index is 4.07. The fraction of sp³-hybridized carbons (Fsp3) is 0.750. The standard InChI is InChI=1S/C8H16N2O3/c1-5(7(11)12)6(2)9-8(13)10(3)4/h5-6H,1-4H3,(H,9,13)(H,11,12). The van der Waals surface area contributed by atoms with E-state index in [-0.39, 0.29) is 12.1 Å². The van der Waals surface area contributed by atoms with E-state index in [0.29, 0.717) is 0 Å². The molecule has 76 valence electrons. The lowest BCUT2D eigenvalue weighted by molar-refractivity contribution is -0.141. The molecule has 0 aromatic carbocycles. The third-order valence-electron chi connectivity index (χ3n) is 1.90. The summed E-state index contributed by atoms with van der Waals surface area (Å²) in [4.78, 5) is 23.0. The van der Waals surface area contributed by atoms with E-state index < -0.39 is 11.9 Å². The molecule has 0 aromatic heterocycles. The van der Waals surface area contributed by atoms with Crippen molar-refractivity contribution in [2.24, 2.45) is 5.92 Å². The fourth-order valence-electron chi connectivity index (χ4n) is 0.663. The zero-order valence-electron chi connectivity index (χ0n) is 8.37. The van der Waals surface area contributed by atoms with E-state index in [0.717, 1.165) is 0 Å². The second-order valence-corrected chi connectivity index (χ2v) is 3.26. The molecule has 0 fully saturated rings. The van der Waals surface area contributed by atoms with Crippen LogP contribution in [0.1, 0.15) is 13.8 Å². The maximum Gasteiger partial charge on any atom is 0.317 e. The van der Waals surface area contributed by atoms with Gasteiger partial charge in [0.1, 0.15) is 0 Å². The minimum absolute atomic E-state index is 0.277. The summed E-state index contributed by atoms with van der Waals surface area (Å²) in [6, 6.07) is -0.645. The van der Waals surface area contributed by atoms with Gasteiger partial charge in [-0.3, -0.25) is 4.79 Å². The molecule has 0 aliphatic rings. The zero-order valence-corrected chi connectivity index (χ0v) is 8.37. The predicted octanol–water partition coefficient (Wildman–Crippen LogP) is 0.367. The lowest BCUT2D eigenvalue weighted by Gasteiger charge is -2.20. The summed E-state index contributed by atoms with van der Waals surface area (Å²) in [5.41, 5.74) is 0. The molecule has 0 aliphatic carbocycles. The zero-order chi connectivity index (χ0) is 10.6. The largest absolute Gasteiger partial charge is 0.481 e. The number of rotatable bonds is 3. The normalized spacial score (nSPS) is 14.5. The Morgan fingerprint density at radius 2 is 1.77 bits per heavy atom. The average Bonchev–Trinajstić information content (AvgIpc) is 2.02. The van der Waals surface area contributed by atoms with Crippen molar-refractivity contribution in [1.29, 1.82) is 0 Å². The Labute approximate surface area is 77.7 Å². The first-order valence-corrected chi connectivity index (χ1v) is 4.07. The molecular formula is C8H16N2O3. The summed E-state index contributed by atoms with van der Waals surface area (Å²) in [7, 11) is 3.21. The number of carboxylic acid groups (broad SMARTS) is 1. The van der Waals surface area contributed by atoms with Gasteiger partial charge in [-0.1, -0.05) is 0 Å².